The van der Waals surface area contributed by atoms with E-state index < -0.39 is 0 Å². The predicted octanol–water partition coefficient (Wildman–Crippen LogP) is 1.64. The Hall–Kier alpha value is -2.24. The van der Waals surface area contributed by atoms with Crippen molar-refractivity contribution in [2.24, 2.45) is 0 Å². The van der Waals surface area contributed by atoms with Crippen molar-refractivity contribution in [2.75, 3.05) is 7.11 Å². The Morgan fingerprint density at radius 3 is 2.58 bits per heavy atom. The largest absolute Gasteiger partial charge is 0.468 e. The maximum Gasteiger partial charge on any atom is 0.327 e. The second kappa shape index (κ2) is 5.60. The summed E-state index contributed by atoms with van der Waals surface area (Å²) in [5.41, 5.74) is 2.12. The highest BCUT2D eigenvalue weighted by Gasteiger charge is 2.12. The summed E-state index contributed by atoms with van der Waals surface area (Å²) in [5, 5.41) is 11.3. The van der Waals surface area contributed by atoms with E-state index in [-0.39, 0.29) is 12.5 Å². The predicted molar refractivity (Wildman–Crippen MR) is 69.4 cm³/mol. The minimum absolute atomic E-state index is 0.00473. The number of benzene rings is 1. The number of hydrogen-bond acceptors (Lipinski definition) is 5. The summed E-state index contributed by atoms with van der Waals surface area (Å²) >= 11 is 0. The van der Waals surface area contributed by atoms with Crippen LogP contribution in [0.1, 0.15) is 25.3 Å². The zero-order valence-corrected chi connectivity index (χ0v) is 11.2. The Labute approximate surface area is 111 Å². The van der Waals surface area contributed by atoms with Crippen molar-refractivity contribution in [2.45, 2.75) is 26.3 Å². The molecular weight excluding hydrogens is 244 g/mol. The van der Waals surface area contributed by atoms with Gasteiger partial charge in [-0.25, -0.2) is 4.68 Å². The maximum absolute atomic E-state index is 11.3. The van der Waals surface area contributed by atoms with Crippen LogP contribution < -0.4 is 0 Å². The second-order valence-corrected chi connectivity index (χ2v) is 4.51. The average Bonchev–Trinajstić information content (AvgIpc) is 2.86. The number of ether oxygens (including phenoxy) is 1. The van der Waals surface area contributed by atoms with Crippen LogP contribution in [-0.2, 0) is 16.1 Å². The molecule has 0 radical (unpaired) electrons. The number of rotatable bonds is 4. The lowest BCUT2D eigenvalue weighted by Gasteiger charge is -2.07. The third kappa shape index (κ3) is 2.96. The number of hydrogen-bond donors (Lipinski definition) is 0. The number of carbonyl (C=O) groups excluding carboxylic acids is 1. The molecule has 0 N–H and O–H groups in total. The van der Waals surface area contributed by atoms with Gasteiger partial charge in [0.15, 0.2) is 5.82 Å². The Morgan fingerprint density at radius 1 is 1.32 bits per heavy atom. The van der Waals surface area contributed by atoms with Gasteiger partial charge in [-0.2, -0.15) is 0 Å². The van der Waals surface area contributed by atoms with Gasteiger partial charge in [0, 0.05) is 5.56 Å². The van der Waals surface area contributed by atoms with Crippen LogP contribution in [0.3, 0.4) is 0 Å². The molecule has 0 aliphatic heterocycles. The maximum atomic E-state index is 11.3. The fraction of sp³-hybridized carbons (Fsp3) is 0.385. The Balaban J connectivity index is 2.27. The summed E-state index contributed by atoms with van der Waals surface area (Å²) in [6.07, 6.45) is 0. The van der Waals surface area contributed by atoms with Gasteiger partial charge in [0.2, 0.25) is 0 Å². The van der Waals surface area contributed by atoms with Crippen molar-refractivity contribution in [1.82, 2.24) is 20.2 Å². The highest BCUT2D eigenvalue weighted by Crippen LogP contribution is 2.20. The first-order chi connectivity index (χ1) is 9.11. The first-order valence-corrected chi connectivity index (χ1v) is 6.05. The lowest BCUT2D eigenvalue weighted by Crippen LogP contribution is -2.14. The molecule has 6 heteroatoms. The number of methoxy groups -OCH3 is 1. The van der Waals surface area contributed by atoms with Gasteiger partial charge in [-0.1, -0.05) is 38.1 Å². The molecule has 1 aromatic heterocycles. The van der Waals surface area contributed by atoms with Gasteiger partial charge in [-0.15, -0.1) is 5.10 Å². The summed E-state index contributed by atoms with van der Waals surface area (Å²) in [5.74, 6) is 0.646. The lowest BCUT2D eigenvalue weighted by atomic mass is 10.0. The van der Waals surface area contributed by atoms with Crippen LogP contribution in [-0.4, -0.2) is 33.3 Å². The van der Waals surface area contributed by atoms with Crippen molar-refractivity contribution in [3.8, 4) is 11.4 Å². The summed E-state index contributed by atoms with van der Waals surface area (Å²) in [7, 11) is 1.34. The highest BCUT2D eigenvalue weighted by molar-refractivity contribution is 5.69. The number of esters is 1. The zero-order chi connectivity index (χ0) is 13.8. The van der Waals surface area contributed by atoms with E-state index in [0.717, 1.165) is 5.56 Å². The van der Waals surface area contributed by atoms with Gasteiger partial charge < -0.3 is 4.74 Å². The molecule has 0 bridgehead atoms. The SMILES string of the molecule is COC(=O)Cn1nnnc1-c1ccc(C(C)C)cc1. The average molecular weight is 260 g/mol. The van der Waals surface area contributed by atoms with Crippen LogP contribution in [0.15, 0.2) is 24.3 Å². The Morgan fingerprint density at radius 2 is 2.00 bits per heavy atom. The first kappa shape index (κ1) is 13.2. The topological polar surface area (TPSA) is 69.9 Å². The number of carbonyl (C=O) groups is 1. The second-order valence-electron chi connectivity index (χ2n) is 4.51. The van der Waals surface area contributed by atoms with Gasteiger partial charge in [-0.3, -0.25) is 4.79 Å². The molecule has 2 rings (SSSR count). The molecule has 0 aliphatic rings. The fourth-order valence-corrected chi connectivity index (χ4v) is 1.72. The highest BCUT2D eigenvalue weighted by atomic mass is 16.5. The van der Waals surface area contributed by atoms with Crippen molar-refractivity contribution in [3.63, 3.8) is 0 Å². The standard InChI is InChI=1S/C13H16N4O2/c1-9(2)10-4-6-11(7-5-10)13-14-15-16-17(13)8-12(18)19-3/h4-7,9H,8H2,1-3H3. The normalized spacial score (nSPS) is 10.7. The molecule has 0 atom stereocenters. The van der Waals surface area contributed by atoms with Gasteiger partial charge in [0.05, 0.1) is 7.11 Å². The van der Waals surface area contributed by atoms with Crippen molar-refractivity contribution >= 4 is 5.97 Å². The minimum Gasteiger partial charge on any atom is -0.468 e. The van der Waals surface area contributed by atoms with E-state index in [4.69, 9.17) is 0 Å². The summed E-state index contributed by atoms with van der Waals surface area (Å²) in [4.78, 5) is 11.3. The minimum atomic E-state index is -0.382. The van der Waals surface area contributed by atoms with E-state index in [0.29, 0.717) is 11.7 Å². The Kier molecular flexibility index (Phi) is 3.89. The van der Waals surface area contributed by atoms with Gasteiger partial charge >= 0.3 is 5.97 Å². The van der Waals surface area contributed by atoms with Crippen molar-refractivity contribution in [1.29, 1.82) is 0 Å². The van der Waals surface area contributed by atoms with Crippen LogP contribution in [0.25, 0.3) is 11.4 Å². The molecule has 0 aliphatic carbocycles. The van der Waals surface area contributed by atoms with E-state index in [9.17, 15) is 4.79 Å². The first-order valence-electron chi connectivity index (χ1n) is 6.05. The van der Waals surface area contributed by atoms with E-state index in [1.54, 1.807) is 0 Å². The number of aromatic nitrogens is 4. The van der Waals surface area contributed by atoms with Crippen LogP contribution in [0.4, 0.5) is 0 Å². The lowest BCUT2D eigenvalue weighted by molar-refractivity contribution is -0.141. The van der Waals surface area contributed by atoms with Crippen LogP contribution in [0.2, 0.25) is 0 Å². The van der Waals surface area contributed by atoms with Crippen LogP contribution in [0, 0.1) is 0 Å². The van der Waals surface area contributed by atoms with Gasteiger partial charge in [-0.05, 0) is 21.9 Å². The molecule has 1 heterocycles. The molecule has 1 aromatic carbocycles. The molecular formula is C13H16N4O2. The zero-order valence-electron chi connectivity index (χ0n) is 11.2. The molecule has 0 fully saturated rings. The molecule has 100 valence electrons. The third-order valence-corrected chi connectivity index (χ3v) is 2.87. The quantitative estimate of drug-likeness (QED) is 0.781. The smallest absolute Gasteiger partial charge is 0.327 e. The molecule has 0 unspecified atom stereocenters. The molecule has 0 saturated carbocycles. The molecule has 0 saturated heterocycles. The number of nitrogens with zero attached hydrogens (tertiary/aromatic N) is 4. The van der Waals surface area contributed by atoms with Crippen LogP contribution >= 0.6 is 0 Å². The summed E-state index contributed by atoms with van der Waals surface area (Å²) < 4.78 is 6.04. The summed E-state index contributed by atoms with van der Waals surface area (Å²) in [6, 6.07) is 7.98. The van der Waals surface area contributed by atoms with E-state index in [1.807, 2.05) is 24.3 Å². The van der Waals surface area contributed by atoms with Gasteiger partial charge in [0.1, 0.15) is 6.54 Å². The monoisotopic (exact) mass is 260 g/mol. The van der Waals surface area contributed by atoms with E-state index in [1.165, 1.54) is 17.4 Å². The number of tetrazole rings is 1. The van der Waals surface area contributed by atoms with E-state index >= 15 is 0 Å². The molecule has 19 heavy (non-hydrogen) atoms. The van der Waals surface area contributed by atoms with Crippen molar-refractivity contribution < 1.29 is 9.53 Å². The Bertz CT molecular complexity index is 560. The summed E-state index contributed by atoms with van der Waals surface area (Å²) in [6.45, 7) is 4.28. The van der Waals surface area contributed by atoms with Crippen molar-refractivity contribution in [3.05, 3.63) is 29.8 Å². The van der Waals surface area contributed by atoms with Gasteiger partial charge in [0.25, 0.3) is 0 Å². The molecule has 2 aromatic rings. The molecule has 6 nitrogen and oxygen atoms in total. The fourth-order valence-electron chi connectivity index (χ4n) is 1.72. The van der Waals surface area contributed by atoms with E-state index in [2.05, 4.69) is 34.1 Å². The molecule has 0 amide bonds. The van der Waals surface area contributed by atoms with Crippen LogP contribution in [0.5, 0.6) is 0 Å². The molecule has 0 spiro atoms. The third-order valence-electron chi connectivity index (χ3n) is 2.87.